The number of aromatic carboxylic acids is 1. The van der Waals surface area contributed by atoms with E-state index in [0.29, 0.717) is 5.56 Å². The van der Waals surface area contributed by atoms with Crippen LogP contribution in [0.2, 0.25) is 0 Å². The first-order chi connectivity index (χ1) is 14.3. The maximum Gasteiger partial charge on any atom is 0.335 e. The number of carbonyl (C=O) groups is 1. The summed E-state index contributed by atoms with van der Waals surface area (Å²) in [5.41, 5.74) is 3.01. The molecule has 1 unspecified atom stereocenters. The van der Waals surface area contributed by atoms with Gasteiger partial charge in [-0.1, -0.05) is 58.9 Å². The molecule has 4 heteroatoms. The molecule has 31 heavy (non-hydrogen) atoms. The van der Waals surface area contributed by atoms with Crippen LogP contribution in [0, 0.1) is 19.3 Å². The molecule has 0 saturated carbocycles. The zero-order valence-corrected chi connectivity index (χ0v) is 20.3. The predicted octanol–water partition coefficient (Wildman–Crippen LogP) is 6.28. The van der Waals surface area contributed by atoms with E-state index in [-0.39, 0.29) is 17.4 Å². The summed E-state index contributed by atoms with van der Waals surface area (Å²) in [5, 5.41) is 20.1. The number of hydrogen-bond acceptors (Lipinski definition) is 3. The lowest BCUT2D eigenvalue weighted by Gasteiger charge is -2.37. The molecule has 0 bridgehead atoms. The van der Waals surface area contributed by atoms with E-state index in [1.54, 1.807) is 13.0 Å². The molecule has 0 fully saturated rings. The molecule has 2 aromatic rings. The third-order valence-corrected chi connectivity index (χ3v) is 7.07. The minimum atomic E-state index is -0.946. The van der Waals surface area contributed by atoms with Crippen molar-refractivity contribution in [3.63, 3.8) is 0 Å². The lowest BCUT2D eigenvalue weighted by molar-refractivity contribution is -0.0725. The van der Waals surface area contributed by atoms with Crippen LogP contribution in [0.25, 0.3) is 0 Å². The van der Waals surface area contributed by atoms with Crippen LogP contribution in [0.15, 0.2) is 36.4 Å². The molecule has 2 rings (SSSR count). The Kier molecular flexibility index (Phi) is 7.27. The van der Waals surface area contributed by atoms with Gasteiger partial charge in [-0.15, -0.1) is 0 Å². The van der Waals surface area contributed by atoms with Gasteiger partial charge >= 0.3 is 5.97 Å². The zero-order chi connectivity index (χ0) is 23.6. The first kappa shape index (κ1) is 24.9. The SMILES string of the molecule is CCC(CC)(c1ccc(OCC(C)(O)C(C)(C)C)c(C)c1)c1ccc(C(=O)O)c(C)c1. The van der Waals surface area contributed by atoms with Crippen LogP contribution < -0.4 is 4.74 Å². The fourth-order valence-electron chi connectivity index (χ4n) is 3.98. The molecule has 170 valence electrons. The van der Waals surface area contributed by atoms with E-state index in [4.69, 9.17) is 4.74 Å². The van der Waals surface area contributed by atoms with Crippen molar-refractivity contribution in [3.05, 3.63) is 64.2 Å². The van der Waals surface area contributed by atoms with Gasteiger partial charge in [0.15, 0.2) is 0 Å². The maximum atomic E-state index is 11.4. The van der Waals surface area contributed by atoms with Gasteiger partial charge in [-0.3, -0.25) is 0 Å². The van der Waals surface area contributed by atoms with Gasteiger partial charge in [0.1, 0.15) is 18.0 Å². The normalized spacial score (nSPS) is 14.2. The second-order valence-corrected chi connectivity index (χ2v) is 9.92. The molecule has 0 aromatic heterocycles. The Morgan fingerprint density at radius 3 is 1.84 bits per heavy atom. The molecule has 2 N–H and O–H groups in total. The highest BCUT2D eigenvalue weighted by atomic mass is 16.5. The van der Waals surface area contributed by atoms with Crippen LogP contribution in [0.3, 0.4) is 0 Å². The molecular weight excluding hydrogens is 388 g/mol. The smallest absolute Gasteiger partial charge is 0.335 e. The number of carboxylic acids is 1. The Morgan fingerprint density at radius 2 is 1.42 bits per heavy atom. The average Bonchev–Trinajstić information content (AvgIpc) is 2.67. The molecule has 0 amide bonds. The van der Waals surface area contributed by atoms with Gasteiger partial charge in [-0.2, -0.15) is 0 Å². The van der Waals surface area contributed by atoms with Crippen LogP contribution in [-0.4, -0.2) is 28.4 Å². The Hall–Kier alpha value is -2.33. The van der Waals surface area contributed by atoms with E-state index >= 15 is 0 Å². The zero-order valence-electron chi connectivity index (χ0n) is 20.3. The lowest BCUT2D eigenvalue weighted by atomic mass is 9.70. The highest BCUT2D eigenvalue weighted by molar-refractivity contribution is 5.89. The number of hydrogen-bond donors (Lipinski definition) is 2. The number of benzene rings is 2. The van der Waals surface area contributed by atoms with Gasteiger partial charge < -0.3 is 14.9 Å². The van der Waals surface area contributed by atoms with Gasteiger partial charge in [0.2, 0.25) is 0 Å². The van der Waals surface area contributed by atoms with Crippen LogP contribution in [-0.2, 0) is 5.41 Å². The fraction of sp³-hybridized carbons (Fsp3) is 0.519. The van der Waals surface area contributed by atoms with Crippen molar-refractivity contribution in [2.75, 3.05) is 6.61 Å². The summed E-state index contributed by atoms with van der Waals surface area (Å²) in [6.07, 6.45) is 1.79. The quantitative estimate of drug-likeness (QED) is 0.521. The van der Waals surface area contributed by atoms with Gasteiger partial charge in [-0.25, -0.2) is 4.79 Å². The van der Waals surface area contributed by atoms with Crippen LogP contribution in [0.4, 0.5) is 0 Å². The first-order valence-electron chi connectivity index (χ1n) is 11.1. The molecular formula is C27H38O4. The topological polar surface area (TPSA) is 66.8 Å². The van der Waals surface area contributed by atoms with Gasteiger partial charge in [0, 0.05) is 5.41 Å². The second kappa shape index (κ2) is 9.04. The van der Waals surface area contributed by atoms with E-state index in [1.165, 1.54) is 5.56 Å². The minimum Gasteiger partial charge on any atom is -0.490 e. The van der Waals surface area contributed by atoms with E-state index in [2.05, 4.69) is 26.0 Å². The molecule has 0 radical (unpaired) electrons. The summed E-state index contributed by atoms with van der Waals surface area (Å²) >= 11 is 0. The summed E-state index contributed by atoms with van der Waals surface area (Å²) in [5.74, 6) is -0.127. The number of rotatable bonds is 8. The molecule has 4 nitrogen and oxygen atoms in total. The Bertz CT molecular complexity index is 931. The molecule has 0 aliphatic heterocycles. The fourth-order valence-corrected chi connectivity index (χ4v) is 3.98. The largest absolute Gasteiger partial charge is 0.490 e. The predicted molar refractivity (Wildman–Crippen MR) is 126 cm³/mol. The van der Waals surface area contributed by atoms with Gasteiger partial charge in [0.05, 0.1) is 5.56 Å². The van der Waals surface area contributed by atoms with Crippen molar-refractivity contribution in [2.45, 2.75) is 79.2 Å². The molecule has 2 aromatic carbocycles. The maximum absolute atomic E-state index is 11.4. The van der Waals surface area contributed by atoms with Crippen molar-refractivity contribution in [1.29, 1.82) is 0 Å². The highest BCUT2D eigenvalue weighted by Gasteiger charge is 2.36. The number of aryl methyl sites for hydroxylation is 2. The monoisotopic (exact) mass is 426 g/mol. The van der Waals surface area contributed by atoms with Crippen LogP contribution in [0.1, 0.15) is 87.0 Å². The van der Waals surface area contributed by atoms with Crippen molar-refractivity contribution in [3.8, 4) is 5.75 Å². The molecule has 0 spiro atoms. The summed E-state index contributed by atoms with van der Waals surface area (Å²) < 4.78 is 6.01. The van der Waals surface area contributed by atoms with Crippen molar-refractivity contribution >= 4 is 5.97 Å². The summed E-state index contributed by atoms with van der Waals surface area (Å²) in [7, 11) is 0. The Morgan fingerprint density at radius 1 is 0.903 bits per heavy atom. The summed E-state index contributed by atoms with van der Waals surface area (Å²) in [6.45, 7) is 16.3. The second-order valence-electron chi connectivity index (χ2n) is 9.92. The lowest BCUT2D eigenvalue weighted by Crippen LogP contribution is -2.45. The van der Waals surface area contributed by atoms with Crippen molar-refractivity contribution in [1.82, 2.24) is 0 Å². The van der Waals surface area contributed by atoms with E-state index in [1.807, 2.05) is 52.8 Å². The first-order valence-corrected chi connectivity index (χ1v) is 11.1. The average molecular weight is 427 g/mol. The van der Waals surface area contributed by atoms with E-state index in [0.717, 1.165) is 35.3 Å². The number of aliphatic hydroxyl groups is 1. The van der Waals surface area contributed by atoms with E-state index in [9.17, 15) is 15.0 Å². The third-order valence-electron chi connectivity index (χ3n) is 7.07. The van der Waals surface area contributed by atoms with Crippen LogP contribution in [0.5, 0.6) is 5.75 Å². The molecule has 0 heterocycles. The molecule has 0 saturated heterocycles. The summed E-state index contributed by atoms with van der Waals surface area (Å²) in [6, 6.07) is 11.9. The Balaban J connectivity index is 2.42. The third kappa shape index (κ3) is 4.95. The standard InChI is InChI=1S/C27H38O4/c1-9-27(10-2,20-11-13-22(24(28)29)18(3)15-20)21-12-14-23(19(4)16-21)31-17-26(8,30)25(5,6)7/h11-16,30H,9-10,17H2,1-8H3,(H,28,29). The van der Waals surface area contributed by atoms with Crippen molar-refractivity contribution < 1.29 is 19.7 Å². The molecule has 0 aliphatic carbocycles. The molecule has 1 atom stereocenters. The van der Waals surface area contributed by atoms with Gasteiger partial charge in [0.25, 0.3) is 0 Å². The van der Waals surface area contributed by atoms with Crippen molar-refractivity contribution in [2.24, 2.45) is 5.41 Å². The van der Waals surface area contributed by atoms with Crippen LogP contribution >= 0.6 is 0 Å². The number of carboxylic acid groups (broad SMARTS) is 1. The number of ether oxygens (including phenoxy) is 1. The minimum absolute atomic E-state index is 0.206. The van der Waals surface area contributed by atoms with Gasteiger partial charge in [-0.05, 0) is 73.4 Å². The Labute approximate surface area is 187 Å². The van der Waals surface area contributed by atoms with E-state index < -0.39 is 11.6 Å². The highest BCUT2D eigenvalue weighted by Crippen LogP contribution is 2.41. The molecule has 0 aliphatic rings. The summed E-state index contributed by atoms with van der Waals surface area (Å²) in [4.78, 5) is 11.4.